The molecule has 0 aliphatic carbocycles. The van der Waals surface area contributed by atoms with E-state index in [1.807, 2.05) is 0 Å². The van der Waals surface area contributed by atoms with E-state index in [1.165, 1.54) is 30.8 Å². The maximum absolute atomic E-state index is 12.7. The number of esters is 1. The number of oxazole rings is 1. The van der Waals surface area contributed by atoms with Crippen LogP contribution < -0.4 is 11.1 Å². The highest BCUT2D eigenvalue weighted by Gasteiger charge is 2.54. The number of aliphatic carboxylic acids is 1. The van der Waals surface area contributed by atoms with Crippen LogP contribution in [0, 0.1) is 0 Å². The van der Waals surface area contributed by atoms with Crippen LogP contribution in [0.1, 0.15) is 6.92 Å². The number of β-lactam (4-membered cyclic amide) rings is 1. The van der Waals surface area contributed by atoms with Crippen molar-refractivity contribution < 1.29 is 33.4 Å². The van der Waals surface area contributed by atoms with Gasteiger partial charge >= 0.3 is 17.7 Å². The van der Waals surface area contributed by atoms with Gasteiger partial charge in [-0.2, -0.15) is 0 Å². The van der Waals surface area contributed by atoms with Crippen molar-refractivity contribution in [3.05, 3.63) is 44.0 Å². The number of hydrogen-bond acceptors (Lipinski definition) is 8. The third kappa shape index (κ3) is 4.21. The molecule has 174 valence electrons. The topological polar surface area (TPSA) is 148 Å². The molecule has 2 atom stereocenters. The van der Waals surface area contributed by atoms with Crippen molar-refractivity contribution in [3.8, 4) is 0 Å². The van der Waals surface area contributed by atoms with Gasteiger partial charge in [-0.25, -0.2) is 9.59 Å². The van der Waals surface area contributed by atoms with E-state index in [-0.39, 0.29) is 44.8 Å². The number of fused-ring (bicyclic) bond motifs is 2. The number of hydrogen-bond donors (Lipinski definition) is 2. The second-order valence-corrected chi connectivity index (χ2v) is 9.10. The summed E-state index contributed by atoms with van der Waals surface area (Å²) in [4.78, 5) is 61.3. The van der Waals surface area contributed by atoms with Gasteiger partial charge in [0.05, 0.1) is 15.6 Å². The highest BCUT2D eigenvalue weighted by molar-refractivity contribution is 8.00. The molecule has 2 N–H and O–H groups in total. The molecule has 33 heavy (non-hydrogen) atoms. The maximum Gasteiger partial charge on any atom is 0.420 e. The summed E-state index contributed by atoms with van der Waals surface area (Å²) < 4.78 is 11.0. The number of nitrogens with one attached hydrogen (secondary N) is 1. The first-order chi connectivity index (χ1) is 15.6. The number of carbonyl (C=O) groups is 4. The standard InChI is InChI=1S/C19H15Cl2N3O8S/c1-7(25)31-5-8-6-33-17-14(16(27)24(17)15(8)18(28)29)22-13(26)4-23-11-2-9(20)10(21)3-12(11)32-19(23)30/h2-3,14,17H,4-6H2,1H3,(H,22,26)(H,28,29)/t14?,17-/m1/s1. The average Bonchev–Trinajstić information content (AvgIpc) is 3.03. The van der Waals surface area contributed by atoms with E-state index in [0.717, 1.165) is 9.47 Å². The number of rotatable bonds is 6. The Balaban J connectivity index is 1.50. The van der Waals surface area contributed by atoms with Crippen molar-refractivity contribution in [2.45, 2.75) is 24.9 Å². The number of halogens is 2. The summed E-state index contributed by atoms with van der Waals surface area (Å²) in [6.45, 7) is 0.488. The van der Waals surface area contributed by atoms with Crippen LogP contribution in [0.5, 0.6) is 0 Å². The molecular weight excluding hydrogens is 501 g/mol. The van der Waals surface area contributed by atoms with Crippen molar-refractivity contribution >= 4 is 69.8 Å². The zero-order valence-electron chi connectivity index (χ0n) is 16.8. The Hall–Kier alpha value is -2.96. The van der Waals surface area contributed by atoms with Crippen molar-refractivity contribution in [2.24, 2.45) is 0 Å². The van der Waals surface area contributed by atoms with Gasteiger partial charge in [-0.15, -0.1) is 11.8 Å². The van der Waals surface area contributed by atoms with Gasteiger partial charge in [0.1, 0.15) is 30.3 Å². The number of ether oxygens (including phenoxy) is 1. The second-order valence-electron chi connectivity index (χ2n) is 7.18. The number of carboxylic acid groups (broad SMARTS) is 1. The fraction of sp³-hybridized carbons (Fsp3) is 0.316. The Kier molecular flexibility index (Phi) is 6.16. The molecule has 0 bridgehead atoms. The lowest BCUT2D eigenvalue weighted by molar-refractivity contribution is -0.151. The Labute approximate surface area is 199 Å². The van der Waals surface area contributed by atoms with Crippen LogP contribution in [0.25, 0.3) is 11.1 Å². The van der Waals surface area contributed by atoms with Crippen LogP contribution >= 0.6 is 35.0 Å². The summed E-state index contributed by atoms with van der Waals surface area (Å²) in [6.07, 6.45) is 0. The van der Waals surface area contributed by atoms with Crippen LogP contribution in [0.3, 0.4) is 0 Å². The Morgan fingerprint density at radius 3 is 2.64 bits per heavy atom. The van der Waals surface area contributed by atoms with Crippen LogP contribution in [-0.4, -0.2) is 62.1 Å². The van der Waals surface area contributed by atoms with E-state index in [2.05, 4.69) is 5.32 Å². The molecule has 1 fully saturated rings. The van der Waals surface area contributed by atoms with E-state index < -0.39 is 47.5 Å². The smallest absolute Gasteiger partial charge is 0.420 e. The highest BCUT2D eigenvalue weighted by atomic mass is 35.5. The molecule has 11 nitrogen and oxygen atoms in total. The number of carboxylic acids is 1. The SMILES string of the molecule is CC(=O)OCC1=C(C(=O)O)N2C(=O)C(NC(=O)Cn3c(=O)oc4cc(Cl)c(Cl)cc43)[C@H]2SC1. The van der Waals surface area contributed by atoms with E-state index in [4.69, 9.17) is 32.4 Å². The van der Waals surface area contributed by atoms with Gasteiger partial charge in [0.2, 0.25) is 5.91 Å². The van der Waals surface area contributed by atoms with Crippen LogP contribution in [0.2, 0.25) is 10.0 Å². The fourth-order valence-corrected chi connectivity index (χ4v) is 5.19. The van der Waals surface area contributed by atoms with Gasteiger partial charge in [0.25, 0.3) is 5.91 Å². The minimum atomic E-state index is -1.34. The lowest BCUT2D eigenvalue weighted by atomic mass is 10.0. The van der Waals surface area contributed by atoms with Crippen molar-refractivity contribution in [1.29, 1.82) is 0 Å². The lowest BCUT2D eigenvalue weighted by Gasteiger charge is -2.49. The first-order valence-electron chi connectivity index (χ1n) is 9.39. The summed E-state index contributed by atoms with van der Waals surface area (Å²) in [7, 11) is 0. The van der Waals surface area contributed by atoms with Gasteiger partial charge < -0.3 is 19.6 Å². The third-order valence-corrected chi connectivity index (χ3v) is 7.09. The molecule has 2 aromatic rings. The summed E-state index contributed by atoms with van der Waals surface area (Å²) in [6, 6.07) is 1.76. The van der Waals surface area contributed by atoms with Gasteiger partial charge in [0.15, 0.2) is 5.58 Å². The molecule has 0 radical (unpaired) electrons. The molecule has 2 amide bonds. The first kappa shape index (κ1) is 23.2. The van der Waals surface area contributed by atoms with Crippen molar-refractivity contribution in [3.63, 3.8) is 0 Å². The molecule has 1 unspecified atom stereocenters. The minimum Gasteiger partial charge on any atom is -0.477 e. The fourth-order valence-electron chi connectivity index (χ4n) is 3.55. The largest absolute Gasteiger partial charge is 0.477 e. The Bertz CT molecular complexity index is 1300. The Morgan fingerprint density at radius 1 is 1.27 bits per heavy atom. The van der Waals surface area contributed by atoms with E-state index >= 15 is 0 Å². The molecular formula is C19H15Cl2N3O8S. The molecule has 1 aromatic heterocycles. The van der Waals surface area contributed by atoms with Crippen molar-refractivity contribution in [2.75, 3.05) is 12.4 Å². The molecule has 0 spiro atoms. The van der Waals surface area contributed by atoms with Crippen LogP contribution in [0.4, 0.5) is 0 Å². The predicted molar refractivity (Wildman–Crippen MR) is 117 cm³/mol. The molecule has 3 heterocycles. The lowest BCUT2D eigenvalue weighted by Crippen LogP contribution is -2.70. The van der Waals surface area contributed by atoms with Gasteiger partial charge in [-0.1, -0.05) is 23.2 Å². The van der Waals surface area contributed by atoms with Crippen LogP contribution in [0.15, 0.2) is 32.6 Å². The molecule has 1 saturated heterocycles. The molecule has 4 rings (SSSR count). The number of aromatic nitrogens is 1. The quantitative estimate of drug-likeness (QED) is 0.427. The molecule has 1 aromatic carbocycles. The molecule has 2 aliphatic heterocycles. The van der Waals surface area contributed by atoms with Crippen LogP contribution in [-0.2, 0) is 30.5 Å². The second kappa shape index (κ2) is 8.76. The number of benzene rings is 1. The summed E-state index contributed by atoms with van der Waals surface area (Å²) in [5.41, 5.74) is 0.417. The Morgan fingerprint density at radius 2 is 1.97 bits per heavy atom. The summed E-state index contributed by atoms with van der Waals surface area (Å²) in [5.74, 6) is -3.81. The number of thioether (sulfide) groups is 1. The monoisotopic (exact) mass is 515 g/mol. The van der Waals surface area contributed by atoms with E-state index in [0.29, 0.717) is 0 Å². The zero-order chi connectivity index (χ0) is 24.0. The van der Waals surface area contributed by atoms with Crippen molar-refractivity contribution in [1.82, 2.24) is 14.8 Å². The minimum absolute atomic E-state index is 0.146. The third-order valence-electron chi connectivity index (χ3n) is 5.03. The van der Waals surface area contributed by atoms with Gasteiger partial charge in [-0.3, -0.25) is 23.9 Å². The summed E-state index contributed by atoms with van der Waals surface area (Å²) in [5, 5.41) is 11.8. The molecule has 2 aliphatic rings. The number of carbonyl (C=O) groups excluding carboxylic acids is 3. The zero-order valence-corrected chi connectivity index (χ0v) is 19.1. The average molecular weight is 516 g/mol. The molecule has 0 saturated carbocycles. The number of amides is 2. The number of nitrogens with zero attached hydrogens (tertiary/aromatic N) is 2. The van der Waals surface area contributed by atoms with E-state index in [1.54, 1.807) is 0 Å². The van der Waals surface area contributed by atoms with Gasteiger partial charge in [-0.05, 0) is 6.07 Å². The summed E-state index contributed by atoms with van der Waals surface area (Å²) >= 11 is 13.1. The maximum atomic E-state index is 12.7. The molecule has 14 heteroatoms. The van der Waals surface area contributed by atoms with E-state index in [9.17, 15) is 29.1 Å². The van der Waals surface area contributed by atoms with Gasteiger partial charge in [0, 0.05) is 24.3 Å². The predicted octanol–water partition coefficient (Wildman–Crippen LogP) is 1.20. The highest BCUT2D eigenvalue weighted by Crippen LogP contribution is 2.40. The normalized spacial score (nSPS) is 19.8. The first-order valence-corrected chi connectivity index (χ1v) is 11.2.